The second-order valence-corrected chi connectivity index (χ2v) is 1.64. The monoisotopic (exact) mass is 124 g/mol. The summed E-state index contributed by atoms with van der Waals surface area (Å²) in [5.41, 5.74) is 2.89. The van der Waals surface area contributed by atoms with Crippen LogP contribution in [-0.4, -0.2) is 11.7 Å². The van der Waals surface area contributed by atoms with Gasteiger partial charge >= 0.3 is 0 Å². The fraction of sp³-hybridized carbons (Fsp3) is 0.375. The fourth-order valence-corrected chi connectivity index (χ4v) is 0.413. The van der Waals surface area contributed by atoms with Gasteiger partial charge in [0.15, 0.2) is 0 Å². The van der Waals surface area contributed by atoms with Gasteiger partial charge in [0.2, 0.25) is 0 Å². The second-order valence-electron chi connectivity index (χ2n) is 1.64. The predicted octanol–water partition coefficient (Wildman–Crippen LogP) is 1.66. The highest BCUT2D eigenvalue weighted by molar-refractivity contribution is 4.97. The van der Waals surface area contributed by atoms with E-state index in [0.29, 0.717) is 0 Å². The first-order valence-corrected chi connectivity index (χ1v) is 3.04. The van der Waals surface area contributed by atoms with E-state index in [1.54, 1.807) is 12.2 Å². The standard InChI is InChI=1S/C8H12O/c1-2-3-4-5-6-7-8-9/h2-3,5,9H,1,6-8H2. The molecule has 0 unspecified atom stereocenters. The van der Waals surface area contributed by atoms with Crippen LogP contribution in [0, 0.1) is 0 Å². The summed E-state index contributed by atoms with van der Waals surface area (Å²) in [5.74, 6) is 0. The summed E-state index contributed by atoms with van der Waals surface area (Å²) >= 11 is 0. The fourth-order valence-electron chi connectivity index (χ4n) is 0.413. The van der Waals surface area contributed by atoms with Gasteiger partial charge in [-0.05, 0) is 25.0 Å². The van der Waals surface area contributed by atoms with E-state index in [2.05, 4.69) is 12.3 Å². The number of hydrogen-bond donors (Lipinski definition) is 1. The zero-order valence-electron chi connectivity index (χ0n) is 5.51. The lowest BCUT2D eigenvalue weighted by atomic mass is 10.3. The number of allylic oxidation sites excluding steroid dienone is 2. The summed E-state index contributed by atoms with van der Waals surface area (Å²) in [4.78, 5) is 0. The van der Waals surface area contributed by atoms with Gasteiger partial charge in [0, 0.05) is 6.61 Å². The molecule has 0 aliphatic heterocycles. The minimum Gasteiger partial charge on any atom is -0.396 e. The molecule has 9 heavy (non-hydrogen) atoms. The van der Waals surface area contributed by atoms with Crippen LogP contribution in [0.4, 0.5) is 0 Å². The lowest BCUT2D eigenvalue weighted by molar-refractivity contribution is 0.289. The van der Waals surface area contributed by atoms with Crippen molar-refractivity contribution in [2.75, 3.05) is 6.61 Å². The highest BCUT2D eigenvalue weighted by Gasteiger charge is 1.74. The number of rotatable bonds is 4. The smallest absolute Gasteiger partial charge is 0.0434 e. The quantitative estimate of drug-likeness (QED) is 0.343. The van der Waals surface area contributed by atoms with Gasteiger partial charge in [-0.2, -0.15) is 0 Å². The van der Waals surface area contributed by atoms with Gasteiger partial charge in [0.1, 0.15) is 0 Å². The zero-order chi connectivity index (χ0) is 6.95. The minimum atomic E-state index is 0.256. The molecule has 0 aliphatic carbocycles. The maximum Gasteiger partial charge on any atom is 0.0434 e. The average Bonchev–Trinajstić information content (AvgIpc) is 1.89. The summed E-state index contributed by atoms with van der Waals surface area (Å²) in [7, 11) is 0. The van der Waals surface area contributed by atoms with E-state index in [9.17, 15) is 0 Å². The van der Waals surface area contributed by atoms with Crippen molar-refractivity contribution in [2.45, 2.75) is 12.8 Å². The van der Waals surface area contributed by atoms with Crippen LogP contribution in [0.5, 0.6) is 0 Å². The summed E-state index contributed by atoms with van der Waals surface area (Å²) in [6, 6.07) is 0. The molecule has 0 radical (unpaired) electrons. The maximum absolute atomic E-state index is 8.34. The molecule has 0 bridgehead atoms. The van der Waals surface area contributed by atoms with Crippen molar-refractivity contribution in [1.29, 1.82) is 0 Å². The average molecular weight is 124 g/mol. The van der Waals surface area contributed by atoms with Gasteiger partial charge in [-0.1, -0.05) is 12.7 Å². The molecule has 0 amide bonds. The molecule has 0 saturated heterocycles. The third-order valence-corrected chi connectivity index (χ3v) is 0.839. The number of hydrogen-bond acceptors (Lipinski definition) is 1. The van der Waals surface area contributed by atoms with Crippen LogP contribution >= 0.6 is 0 Å². The van der Waals surface area contributed by atoms with Crippen molar-refractivity contribution < 1.29 is 5.11 Å². The summed E-state index contributed by atoms with van der Waals surface area (Å²) in [5, 5.41) is 8.34. The molecule has 0 aromatic rings. The van der Waals surface area contributed by atoms with Crippen molar-refractivity contribution >= 4 is 0 Å². The first-order valence-electron chi connectivity index (χ1n) is 3.04. The lowest BCUT2D eigenvalue weighted by Gasteiger charge is -1.82. The summed E-state index contributed by atoms with van der Waals surface area (Å²) in [6.45, 7) is 3.75. The molecular formula is C8H12O. The van der Waals surface area contributed by atoms with Gasteiger partial charge in [0.25, 0.3) is 0 Å². The maximum atomic E-state index is 8.34. The molecular weight excluding hydrogens is 112 g/mol. The predicted molar refractivity (Wildman–Crippen MR) is 39.2 cm³/mol. The molecule has 0 aromatic heterocycles. The summed E-state index contributed by atoms with van der Waals surface area (Å²) in [6.07, 6.45) is 7.02. The molecule has 0 atom stereocenters. The third-order valence-electron chi connectivity index (χ3n) is 0.839. The normalized spacial score (nSPS) is 7.67. The van der Waals surface area contributed by atoms with Crippen molar-refractivity contribution in [3.8, 4) is 0 Å². The van der Waals surface area contributed by atoms with Crippen LogP contribution in [0.25, 0.3) is 0 Å². The van der Waals surface area contributed by atoms with E-state index in [1.165, 1.54) is 0 Å². The van der Waals surface area contributed by atoms with Crippen LogP contribution < -0.4 is 0 Å². The first-order chi connectivity index (χ1) is 4.41. The third kappa shape index (κ3) is 7.22. The van der Waals surface area contributed by atoms with Crippen LogP contribution in [0.15, 0.2) is 30.5 Å². The Bertz CT molecular complexity index is 119. The van der Waals surface area contributed by atoms with E-state index < -0.39 is 0 Å². The first kappa shape index (κ1) is 8.22. The molecule has 1 heteroatoms. The second kappa shape index (κ2) is 7.22. The minimum absolute atomic E-state index is 0.256. The van der Waals surface area contributed by atoms with Crippen molar-refractivity contribution in [3.63, 3.8) is 0 Å². The Labute approximate surface area is 56.0 Å². The molecule has 0 spiro atoms. The largest absolute Gasteiger partial charge is 0.396 e. The number of aliphatic hydroxyl groups excluding tert-OH is 1. The molecule has 1 nitrogen and oxygen atoms in total. The Kier molecular flexibility index (Phi) is 6.59. The van der Waals surface area contributed by atoms with E-state index in [0.717, 1.165) is 12.8 Å². The number of unbranched alkanes of at least 4 members (excludes halogenated alkanes) is 1. The Morgan fingerprint density at radius 3 is 2.89 bits per heavy atom. The Hall–Kier alpha value is -0.780. The van der Waals surface area contributed by atoms with Gasteiger partial charge < -0.3 is 5.11 Å². The van der Waals surface area contributed by atoms with Crippen LogP contribution in [0.3, 0.4) is 0 Å². The zero-order valence-corrected chi connectivity index (χ0v) is 5.51. The molecule has 50 valence electrons. The molecule has 0 fully saturated rings. The highest BCUT2D eigenvalue weighted by atomic mass is 16.2. The van der Waals surface area contributed by atoms with Crippen LogP contribution in [0.2, 0.25) is 0 Å². The molecule has 0 saturated carbocycles. The lowest BCUT2D eigenvalue weighted by Crippen LogP contribution is -1.76. The van der Waals surface area contributed by atoms with Crippen molar-refractivity contribution in [1.82, 2.24) is 0 Å². The Morgan fingerprint density at radius 1 is 1.56 bits per heavy atom. The van der Waals surface area contributed by atoms with Crippen molar-refractivity contribution in [2.24, 2.45) is 0 Å². The molecule has 0 aromatic carbocycles. The molecule has 0 rings (SSSR count). The van der Waals surface area contributed by atoms with Crippen LogP contribution in [0.1, 0.15) is 12.8 Å². The Balaban J connectivity index is 3.23. The van der Waals surface area contributed by atoms with E-state index in [4.69, 9.17) is 5.11 Å². The molecule has 0 aliphatic rings. The van der Waals surface area contributed by atoms with Gasteiger partial charge in [0.05, 0.1) is 0 Å². The summed E-state index contributed by atoms with van der Waals surface area (Å²) < 4.78 is 0. The number of aliphatic hydroxyl groups is 1. The SMILES string of the molecule is C=CC=C=CCCCO. The van der Waals surface area contributed by atoms with Crippen LogP contribution in [-0.2, 0) is 0 Å². The van der Waals surface area contributed by atoms with E-state index >= 15 is 0 Å². The van der Waals surface area contributed by atoms with E-state index in [1.807, 2.05) is 6.08 Å². The Morgan fingerprint density at radius 2 is 2.33 bits per heavy atom. The topological polar surface area (TPSA) is 20.2 Å². The molecule has 0 heterocycles. The van der Waals surface area contributed by atoms with Crippen molar-refractivity contribution in [3.05, 3.63) is 30.5 Å². The highest BCUT2D eigenvalue weighted by Crippen LogP contribution is 1.86. The van der Waals surface area contributed by atoms with Gasteiger partial charge in [-0.3, -0.25) is 0 Å². The van der Waals surface area contributed by atoms with E-state index in [-0.39, 0.29) is 6.61 Å². The molecule has 1 N–H and O–H groups in total. The van der Waals surface area contributed by atoms with Gasteiger partial charge in [-0.25, -0.2) is 0 Å². The van der Waals surface area contributed by atoms with Gasteiger partial charge in [-0.15, -0.1) is 5.73 Å².